The second-order valence-corrected chi connectivity index (χ2v) is 4.82. The van der Waals surface area contributed by atoms with Crippen molar-refractivity contribution in [3.8, 4) is 0 Å². The first-order valence-electron chi connectivity index (χ1n) is 5.81. The largest absolute Gasteiger partial charge is 0.481 e. The summed E-state index contributed by atoms with van der Waals surface area (Å²) in [6.45, 7) is 3.75. The summed E-state index contributed by atoms with van der Waals surface area (Å²) in [4.78, 5) is 26.3. The fourth-order valence-electron chi connectivity index (χ4n) is 1.57. The maximum Gasteiger partial charge on any atom is 0.304 e. The summed E-state index contributed by atoms with van der Waals surface area (Å²) in [6, 6.07) is 3.77. The van der Waals surface area contributed by atoms with Crippen LogP contribution in [0.25, 0.3) is 0 Å². The molecule has 1 amide bonds. The summed E-state index contributed by atoms with van der Waals surface area (Å²) in [5, 5.41) is 11.5. The van der Waals surface area contributed by atoms with E-state index < -0.39 is 11.4 Å². The smallest absolute Gasteiger partial charge is 0.304 e. The average Bonchev–Trinajstić information content (AvgIpc) is 2.28. The van der Waals surface area contributed by atoms with Crippen molar-refractivity contribution in [3.63, 3.8) is 0 Å². The van der Waals surface area contributed by atoms with E-state index in [1.165, 1.54) is 0 Å². The van der Waals surface area contributed by atoms with Gasteiger partial charge in [-0.3, -0.25) is 14.6 Å². The van der Waals surface area contributed by atoms with E-state index in [0.717, 1.165) is 5.56 Å². The Morgan fingerprint density at radius 1 is 1.33 bits per heavy atom. The van der Waals surface area contributed by atoms with Gasteiger partial charge in [0, 0.05) is 18.9 Å². The zero-order valence-electron chi connectivity index (χ0n) is 10.6. The lowest BCUT2D eigenvalue weighted by atomic mass is 9.88. The van der Waals surface area contributed by atoms with Gasteiger partial charge in [0.05, 0.1) is 11.8 Å². The number of aromatic nitrogens is 1. The number of nitrogens with zero attached hydrogens (tertiary/aromatic N) is 1. The number of hydrogen-bond donors (Lipinski definition) is 2. The molecule has 5 heteroatoms. The van der Waals surface area contributed by atoms with Crippen molar-refractivity contribution in [3.05, 3.63) is 30.1 Å². The molecule has 0 bridgehead atoms. The van der Waals surface area contributed by atoms with E-state index in [1.54, 1.807) is 26.2 Å². The number of carbonyl (C=O) groups excluding carboxylic acids is 1. The van der Waals surface area contributed by atoms with Crippen molar-refractivity contribution in [2.24, 2.45) is 5.41 Å². The summed E-state index contributed by atoms with van der Waals surface area (Å²) < 4.78 is 0. The Kier molecular flexibility index (Phi) is 4.83. The molecule has 0 aliphatic rings. The summed E-state index contributed by atoms with van der Waals surface area (Å²) in [6.07, 6.45) is 3.93. The lowest BCUT2D eigenvalue weighted by molar-refractivity contribution is -0.144. The standard InChI is InChI=1S/C13H18N2O3/c1-13(2,9-11(16)17)12(18)15-8-5-10-3-6-14-7-4-10/h3-4,6-7H,5,8-9H2,1-2H3,(H,15,18)(H,16,17). The van der Waals surface area contributed by atoms with Crippen molar-refractivity contribution >= 4 is 11.9 Å². The molecule has 1 rings (SSSR count). The number of rotatable bonds is 6. The molecule has 2 N–H and O–H groups in total. The predicted octanol–water partition coefficient (Wildman–Crippen LogP) is 1.24. The minimum atomic E-state index is -0.968. The minimum absolute atomic E-state index is 0.173. The van der Waals surface area contributed by atoms with Crippen molar-refractivity contribution in [2.75, 3.05) is 6.54 Å². The first kappa shape index (κ1) is 14.2. The van der Waals surface area contributed by atoms with Crippen LogP contribution in [-0.2, 0) is 16.0 Å². The van der Waals surface area contributed by atoms with Gasteiger partial charge in [-0.2, -0.15) is 0 Å². The number of hydrogen-bond acceptors (Lipinski definition) is 3. The molecule has 1 aromatic heterocycles. The molecular weight excluding hydrogens is 232 g/mol. The van der Waals surface area contributed by atoms with Crippen LogP contribution in [0.1, 0.15) is 25.8 Å². The Morgan fingerprint density at radius 3 is 2.50 bits per heavy atom. The zero-order valence-corrected chi connectivity index (χ0v) is 10.6. The zero-order chi connectivity index (χ0) is 13.6. The lowest BCUT2D eigenvalue weighted by Gasteiger charge is -2.21. The summed E-state index contributed by atoms with van der Waals surface area (Å²) in [5.74, 6) is -1.21. The Hall–Kier alpha value is -1.91. The molecule has 5 nitrogen and oxygen atoms in total. The van der Waals surface area contributed by atoms with Crippen LogP contribution < -0.4 is 5.32 Å². The molecular formula is C13H18N2O3. The first-order chi connectivity index (χ1) is 8.42. The highest BCUT2D eigenvalue weighted by Crippen LogP contribution is 2.20. The van der Waals surface area contributed by atoms with Crippen LogP contribution in [-0.4, -0.2) is 28.5 Å². The molecule has 0 aliphatic carbocycles. The molecule has 0 radical (unpaired) electrons. The van der Waals surface area contributed by atoms with Crippen molar-refractivity contribution < 1.29 is 14.7 Å². The normalized spacial score (nSPS) is 11.0. The molecule has 1 heterocycles. The molecule has 0 aromatic carbocycles. The number of nitrogens with one attached hydrogen (secondary N) is 1. The highest BCUT2D eigenvalue weighted by atomic mass is 16.4. The van der Waals surface area contributed by atoms with Crippen LogP contribution in [0.2, 0.25) is 0 Å². The maximum atomic E-state index is 11.8. The molecule has 0 saturated heterocycles. The molecule has 1 aromatic rings. The Morgan fingerprint density at radius 2 is 1.94 bits per heavy atom. The topological polar surface area (TPSA) is 79.3 Å². The summed E-state index contributed by atoms with van der Waals surface area (Å²) in [7, 11) is 0. The predicted molar refractivity (Wildman–Crippen MR) is 67.0 cm³/mol. The van der Waals surface area contributed by atoms with Crippen LogP contribution in [0.5, 0.6) is 0 Å². The van der Waals surface area contributed by atoms with E-state index in [2.05, 4.69) is 10.3 Å². The van der Waals surface area contributed by atoms with Gasteiger partial charge in [0.2, 0.25) is 5.91 Å². The minimum Gasteiger partial charge on any atom is -0.481 e. The highest BCUT2D eigenvalue weighted by molar-refractivity contribution is 5.86. The highest BCUT2D eigenvalue weighted by Gasteiger charge is 2.29. The molecule has 0 saturated carbocycles. The van der Waals surface area contributed by atoms with Crippen LogP contribution in [0.15, 0.2) is 24.5 Å². The van der Waals surface area contributed by atoms with Crippen molar-refractivity contribution in [1.82, 2.24) is 10.3 Å². The molecule has 0 aliphatic heterocycles. The monoisotopic (exact) mass is 250 g/mol. The Labute approximate surface area is 106 Å². The van der Waals surface area contributed by atoms with Crippen LogP contribution >= 0.6 is 0 Å². The maximum absolute atomic E-state index is 11.8. The number of pyridine rings is 1. The number of carbonyl (C=O) groups is 2. The molecule has 0 fully saturated rings. The van der Waals surface area contributed by atoms with E-state index in [-0.39, 0.29) is 12.3 Å². The SMILES string of the molecule is CC(C)(CC(=O)O)C(=O)NCCc1ccncc1. The Bertz CT molecular complexity index is 416. The van der Waals surface area contributed by atoms with Crippen molar-refractivity contribution in [1.29, 1.82) is 0 Å². The molecule has 0 unspecified atom stereocenters. The van der Waals surface area contributed by atoms with Gasteiger partial charge in [-0.1, -0.05) is 13.8 Å². The third-order valence-corrected chi connectivity index (χ3v) is 2.66. The van der Waals surface area contributed by atoms with Crippen LogP contribution in [0.4, 0.5) is 0 Å². The molecule has 0 spiro atoms. The van der Waals surface area contributed by atoms with E-state index in [4.69, 9.17) is 5.11 Å². The third kappa shape index (κ3) is 4.53. The average molecular weight is 250 g/mol. The van der Waals surface area contributed by atoms with Gasteiger partial charge >= 0.3 is 5.97 Å². The second-order valence-electron chi connectivity index (χ2n) is 4.82. The molecule has 0 atom stereocenters. The Balaban J connectivity index is 2.39. The lowest BCUT2D eigenvalue weighted by Crippen LogP contribution is -2.39. The fraction of sp³-hybridized carbons (Fsp3) is 0.462. The second kappa shape index (κ2) is 6.14. The molecule has 18 heavy (non-hydrogen) atoms. The van der Waals surface area contributed by atoms with Gasteiger partial charge in [-0.05, 0) is 24.1 Å². The quantitative estimate of drug-likeness (QED) is 0.796. The number of carboxylic acids is 1. The van der Waals surface area contributed by atoms with Crippen molar-refractivity contribution in [2.45, 2.75) is 26.7 Å². The van der Waals surface area contributed by atoms with E-state index in [9.17, 15) is 9.59 Å². The third-order valence-electron chi connectivity index (χ3n) is 2.66. The van der Waals surface area contributed by atoms with Gasteiger partial charge in [-0.15, -0.1) is 0 Å². The fourth-order valence-corrected chi connectivity index (χ4v) is 1.57. The number of amides is 1. The summed E-state index contributed by atoms with van der Waals surface area (Å²) in [5.41, 5.74) is 0.200. The van der Waals surface area contributed by atoms with E-state index >= 15 is 0 Å². The first-order valence-corrected chi connectivity index (χ1v) is 5.81. The van der Waals surface area contributed by atoms with Gasteiger partial charge in [-0.25, -0.2) is 0 Å². The van der Waals surface area contributed by atoms with Gasteiger partial charge in [0.25, 0.3) is 0 Å². The summed E-state index contributed by atoms with van der Waals surface area (Å²) >= 11 is 0. The van der Waals surface area contributed by atoms with Gasteiger partial charge < -0.3 is 10.4 Å². The number of aliphatic carboxylic acids is 1. The van der Waals surface area contributed by atoms with Gasteiger partial charge in [0.15, 0.2) is 0 Å². The number of carboxylic acid groups (broad SMARTS) is 1. The molecule has 98 valence electrons. The van der Waals surface area contributed by atoms with Gasteiger partial charge in [0.1, 0.15) is 0 Å². The van der Waals surface area contributed by atoms with Crippen LogP contribution in [0, 0.1) is 5.41 Å². The van der Waals surface area contributed by atoms with E-state index in [1.807, 2.05) is 12.1 Å². The van der Waals surface area contributed by atoms with E-state index in [0.29, 0.717) is 13.0 Å². The van der Waals surface area contributed by atoms with Crippen LogP contribution in [0.3, 0.4) is 0 Å².